The summed E-state index contributed by atoms with van der Waals surface area (Å²) in [4.78, 5) is 1.86. The van der Waals surface area contributed by atoms with Crippen LogP contribution in [0.4, 0.5) is 0 Å². The van der Waals surface area contributed by atoms with Gasteiger partial charge in [0.25, 0.3) is 0 Å². The third-order valence-corrected chi connectivity index (χ3v) is 0.963. The molecule has 0 aliphatic rings. The van der Waals surface area contributed by atoms with E-state index in [1.54, 1.807) is 6.92 Å². The van der Waals surface area contributed by atoms with E-state index in [9.17, 15) is 0 Å². The van der Waals surface area contributed by atoms with Crippen molar-refractivity contribution >= 4 is 0 Å². The van der Waals surface area contributed by atoms with Crippen LogP contribution in [0.15, 0.2) is 0 Å². The largest absolute Gasteiger partial charge is 0.397 e. The van der Waals surface area contributed by atoms with Gasteiger partial charge in [-0.3, -0.25) is 0 Å². The highest BCUT2D eigenvalue weighted by Crippen LogP contribution is 1.76. The second-order valence-electron chi connectivity index (χ2n) is 2.07. The highest BCUT2D eigenvalue weighted by Gasteiger charge is 1.91. The molecule has 0 aliphatic carbocycles. The Balaban J connectivity index is 0. The van der Waals surface area contributed by atoms with Crippen LogP contribution in [0.5, 0.6) is 0 Å². The minimum atomic E-state index is 0.163. The number of hydrogen-bond donors (Lipinski definition) is 3. The summed E-state index contributed by atoms with van der Waals surface area (Å²) in [5.41, 5.74) is 0. The molecule has 0 aromatic heterocycles. The smallest absolute Gasteiger partial charge is 0.0558 e. The van der Waals surface area contributed by atoms with E-state index in [0.29, 0.717) is 13.1 Å². The lowest BCUT2D eigenvalue weighted by molar-refractivity contribution is 0.184. The van der Waals surface area contributed by atoms with Crippen molar-refractivity contribution in [3.05, 3.63) is 0 Å². The van der Waals surface area contributed by atoms with E-state index in [2.05, 4.69) is 0 Å². The second kappa shape index (κ2) is 12.5. The molecule has 0 spiro atoms. The molecule has 0 aromatic rings. The van der Waals surface area contributed by atoms with Crippen LogP contribution in [0.2, 0.25) is 0 Å². The van der Waals surface area contributed by atoms with Crippen LogP contribution in [0.3, 0.4) is 0 Å². The molecule has 0 aromatic carbocycles. The van der Waals surface area contributed by atoms with Gasteiger partial charge in [0.2, 0.25) is 0 Å². The van der Waals surface area contributed by atoms with Crippen LogP contribution in [0, 0.1) is 0 Å². The zero-order chi connectivity index (χ0) is 9.11. The van der Waals surface area contributed by atoms with Crippen molar-refractivity contribution < 1.29 is 15.3 Å². The summed E-state index contributed by atoms with van der Waals surface area (Å²) in [5.74, 6) is 0. The molecule has 0 fully saturated rings. The highest BCUT2D eigenvalue weighted by molar-refractivity contribution is 4.45. The molecular weight excluding hydrogens is 146 g/mol. The topological polar surface area (TPSA) is 63.9 Å². The van der Waals surface area contributed by atoms with E-state index < -0.39 is 0 Å². The maximum atomic E-state index is 8.34. The fraction of sp³-hybridized carbons (Fsp3) is 1.00. The molecule has 3 N–H and O–H groups in total. The van der Waals surface area contributed by atoms with Crippen molar-refractivity contribution in [1.29, 1.82) is 0 Å². The van der Waals surface area contributed by atoms with Crippen molar-refractivity contribution in [2.24, 2.45) is 0 Å². The minimum absolute atomic E-state index is 0.163. The lowest BCUT2D eigenvalue weighted by atomic mass is 10.5. The molecule has 0 saturated carbocycles. The predicted molar refractivity (Wildman–Crippen MR) is 44.4 cm³/mol. The Morgan fingerprint density at radius 1 is 1.00 bits per heavy atom. The van der Waals surface area contributed by atoms with Crippen LogP contribution >= 0.6 is 0 Å². The van der Waals surface area contributed by atoms with Gasteiger partial charge in [0, 0.05) is 19.7 Å². The van der Waals surface area contributed by atoms with Crippen molar-refractivity contribution in [3.63, 3.8) is 0 Å². The number of nitrogens with zero attached hydrogens (tertiary/aromatic N) is 1. The summed E-state index contributed by atoms with van der Waals surface area (Å²) in [5, 5.41) is 24.2. The number of rotatable bonds is 4. The zero-order valence-electron chi connectivity index (χ0n) is 7.32. The molecule has 0 saturated heterocycles. The first-order valence-corrected chi connectivity index (χ1v) is 3.74. The molecule has 0 rings (SSSR count). The molecule has 0 bridgehead atoms. The summed E-state index contributed by atoms with van der Waals surface area (Å²) in [6.45, 7) is 3.54. The monoisotopic (exact) mass is 165 g/mol. The first kappa shape index (κ1) is 13.4. The van der Waals surface area contributed by atoms with Gasteiger partial charge < -0.3 is 20.2 Å². The average molecular weight is 165 g/mol. The van der Waals surface area contributed by atoms with Gasteiger partial charge in [-0.1, -0.05) is 0 Å². The molecule has 0 atom stereocenters. The molecule has 11 heavy (non-hydrogen) atoms. The third kappa shape index (κ3) is 17.7. The standard InChI is InChI=1S/C5H13NO2.C2H6O/c1-6(2-4-7)3-5-8;1-2-3/h7-8H,2-5H2,1H3;3H,2H2,1H3. The molecule has 4 nitrogen and oxygen atoms in total. The number of likely N-dealkylation sites (N-methyl/N-ethyl adjacent to an activating group) is 1. The first-order valence-electron chi connectivity index (χ1n) is 3.74. The van der Waals surface area contributed by atoms with E-state index in [-0.39, 0.29) is 19.8 Å². The quantitative estimate of drug-likeness (QED) is 0.495. The lowest BCUT2D eigenvalue weighted by Gasteiger charge is -2.11. The predicted octanol–water partition coefficient (Wildman–Crippen LogP) is -1.10. The van der Waals surface area contributed by atoms with Crippen molar-refractivity contribution in [3.8, 4) is 0 Å². The molecule has 70 valence electrons. The summed E-state index contributed by atoms with van der Waals surface area (Å²) < 4.78 is 0. The van der Waals surface area contributed by atoms with Gasteiger partial charge in [0.15, 0.2) is 0 Å². The lowest BCUT2D eigenvalue weighted by Crippen LogP contribution is -2.25. The molecule has 0 amide bonds. The van der Waals surface area contributed by atoms with E-state index >= 15 is 0 Å². The minimum Gasteiger partial charge on any atom is -0.397 e. The first-order chi connectivity index (χ1) is 5.22. The molecule has 0 unspecified atom stereocenters. The van der Waals surface area contributed by atoms with E-state index in [1.807, 2.05) is 11.9 Å². The van der Waals surface area contributed by atoms with Crippen molar-refractivity contribution in [1.82, 2.24) is 4.90 Å². The van der Waals surface area contributed by atoms with Gasteiger partial charge in [0.05, 0.1) is 13.2 Å². The second-order valence-corrected chi connectivity index (χ2v) is 2.07. The fourth-order valence-corrected chi connectivity index (χ4v) is 0.453. The van der Waals surface area contributed by atoms with Crippen LogP contribution in [0.25, 0.3) is 0 Å². The summed E-state index contributed by atoms with van der Waals surface area (Å²) in [6.07, 6.45) is 0. The zero-order valence-corrected chi connectivity index (χ0v) is 7.32. The van der Waals surface area contributed by atoms with Crippen LogP contribution in [-0.4, -0.2) is 60.2 Å². The van der Waals surface area contributed by atoms with Gasteiger partial charge >= 0.3 is 0 Å². The van der Waals surface area contributed by atoms with Crippen LogP contribution in [0.1, 0.15) is 6.92 Å². The van der Waals surface area contributed by atoms with Crippen molar-refractivity contribution in [2.45, 2.75) is 6.92 Å². The molecular formula is C7H19NO3. The van der Waals surface area contributed by atoms with Gasteiger partial charge in [0.1, 0.15) is 0 Å². The van der Waals surface area contributed by atoms with E-state index in [4.69, 9.17) is 15.3 Å². The average Bonchev–Trinajstić information content (AvgIpc) is 1.90. The fourth-order valence-electron chi connectivity index (χ4n) is 0.453. The summed E-state index contributed by atoms with van der Waals surface area (Å²) in [7, 11) is 1.85. The number of hydrogen-bond acceptors (Lipinski definition) is 4. The third-order valence-electron chi connectivity index (χ3n) is 0.963. The van der Waals surface area contributed by atoms with Gasteiger partial charge in [-0.15, -0.1) is 0 Å². The van der Waals surface area contributed by atoms with Crippen LogP contribution in [-0.2, 0) is 0 Å². The molecule has 0 heterocycles. The Hall–Kier alpha value is -0.160. The van der Waals surface area contributed by atoms with Gasteiger partial charge in [-0.05, 0) is 14.0 Å². The highest BCUT2D eigenvalue weighted by atomic mass is 16.3. The Kier molecular flexibility index (Phi) is 15.3. The summed E-state index contributed by atoms with van der Waals surface area (Å²) >= 11 is 0. The van der Waals surface area contributed by atoms with Crippen molar-refractivity contribution in [2.75, 3.05) is 40.0 Å². The molecule has 0 aliphatic heterocycles. The SMILES string of the molecule is CCO.CN(CCO)CCO. The van der Waals surface area contributed by atoms with E-state index in [1.165, 1.54) is 0 Å². The Bertz CT molecular complexity index is 55.6. The normalized spacial score (nSPS) is 9.27. The Labute approximate surface area is 68.1 Å². The number of aliphatic hydroxyl groups is 3. The molecule has 0 radical (unpaired) electrons. The number of aliphatic hydroxyl groups excluding tert-OH is 3. The summed E-state index contributed by atoms with van der Waals surface area (Å²) in [6, 6.07) is 0. The van der Waals surface area contributed by atoms with E-state index in [0.717, 1.165) is 0 Å². The Morgan fingerprint density at radius 2 is 1.27 bits per heavy atom. The van der Waals surface area contributed by atoms with Crippen LogP contribution < -0.4 is 0 Å². The Morgan fingerprint density at radius 3 is 1.45 bits per heavy atom. The van der Waals surface area contributed by atoms with Gasteiger partial charge in [-0.2, -0.15) is 0 Å². The molecule has 4 heteroatoms. The van der Waals surface area contributed by atoms with Gasteiger partial charge in [-0.25, -0.2) is 0 Å². The maximum absolute atomic E-state index is 8.34. The maximum Gasteiger partial charge on any atom is 0.0558 e.